The molecule has 0 unspecified atom stereocenters. The van der Waals surface area contributed by atoms with Crippen LogP contribution in [0.15, 0.2) is 29.4 Å². The first-order chi connectivity index (χ1) is 11.5. The number of rotatable bonds is 6. The lowest BCUT2D eigenvalue weighted by atomic mass is 10.1. The first kappa shape index (κ1) is 18.4. The standard InChI is InChI=1S/C18H22FN3OS/c1-5-22(15-8-6-14(19)7-9-15)17(23)11-10-16-12(2)20-18(24-4)21-13(16)3/h6-9H,5,10-11H2,1-4H3. The van der Waals surface area contributed by atoms with Gasteiger partial charge in [0, 0.05) is 30.0 Å². The second-order valence-electron chi connectivity index (χ2n) is 5.47. The highest BCUT2D eigenvalue weighted by Crippen LogP contribution is 2.19. The van der Waals surface area contributed by atoms with Gasteiger partial charge < -0.3 is 4.90 Å². The predicted octanol–water partition coefficient (Wildman–Crippen LogP) is 3.94. The maximum Gasteiger partial charge on any atom is 0.227 e. The summed E-state index contributed by atoms with van der Waals surface area (Å²) in [6, 6.07) is 6.00. The molecule has 2 aromatic rings. The third kappa shape index (κ3) is 4.32. The molecule has 0 saturated heterocycles. The maximum atomic E-state index is 13.1. The zero-order chi connectivity index (χ0) is 17.7. The normalized spacial score (nSPS) is 10.7. The Balaban J connectivity index is 2.10. The number of nitrogens with zero attached hydrogens (tertiary/aromatic N) is 3. The molecule has 4 nitrogen and oxygen atoms in total. The molecule has 0 spiro atoms. The summed E-state index contributed by atoms with van der Waals surface area (Å²) in [4.78, 5) is 23.1. The highest BCUT2D eigenvalue weighted by atomic mass is 32.2. The van der Waals surface area contributed by atoms with Crippen LogP contribution < -0.4 is 4.90 Å². The Morgan fingerprint density at radius 2 is 1.75 bits per heavy atom. The average molecular weight is 347 g/mol. The van der Waals surface area contributed by atoms with E-state index in [1.807, 2.05) is 27.0 Å². The van der Waals surface area contributed by atoms with Crippen molar-refractivity contribution >= 4 is 23.4 Å². The van der Waals surface area contributed by atoms with Crippen molar-refractivity contribution in [3.8, 4) is 0 Å². The minimum absolute atomic E-state index is 0.0110. The predicted molar refractivity (Wildman–Crippen MR) is 96.0 cm³/mol. The Hall–Kier alpha value is -1.95. The number of aromatic nitrogens is 2. The summed E-state index contributed by atoms with van der Waals surface area (Å²) in [6.45, 7) is 6.36. The number of carbonyl (C=O) groups is 1. The third-order valence-corrected chi connectivity index (χ3v) is 4.47. The minimum atomic E-state index is -0.306. The van der Waals surface area contributed by atoms with Gasteiger partial charge in [-0.15, -0.1) is 0 Å². The van der Waals surface area contributed by atoms with Gasteiger partial charge >= 0.3 is 0 Å². The fourth-order valence-electron chi connectivity index (χ4n) is 2.65. The molecule has 0 atom stereocenters. The molecule has 1 aromatic heterocycles. The van der Waals surface area contributed by atoms with Crippen LogP contribution in [0.2, 0.25) is 0 Å². The van der Waals surface area contributed by atoms with Crippen LogP contribution in [-0.4, -0.2) is 28.7 Å². The lowest BCUT2D eigenvalue weighted by Gasteiger charge is -2.21. The second kappa shape index (κ2) is 8.24. The summed E-state index contributed by atoms with van der Waals surface area (Å²) in [6.07, 6.45) is 2.91. The van der Waals surface area contributed by atoms with Crippen molar-refractivity contribution in [2.75, 3.05) is 17.7 Å². The molecule has 0 N–H and O–H groups in total. The highest BCUT2D eigenvalue weighted by molar-refractivity contribution is 7.98. The van der Waals surface area contributed by atoms with E-state index in [-0.39, 0.29) is 11.7 Å². The van der Waals surface area contributed by atoms with Crippen molar-refractivity contribution in [2.45, 2.75) is 38.8 Å². The lowest BCUT2D eigenvalue weighted by Crippen LogP contribution is -2.30. The third-order valence-electron chi connectivity index (χ3n) is 3.93. The van der Waals surface area contributed by atoms with Crippen molar-refractivity contribution < 1.29 is 9.18 Å². The molecular formula is C18H22FN3OS. The summed E-state index contributed by atoms with van der Waals surface area (Å²) >= 11 is 1.51. The molecule has 2 rings (SSSR count). The molecule has 1 aromatic carbocycles. The van der Waals surface area contributed by atoms with Gasteiger partial charge in [0.1, 0.15) is 5.82 Å². The molecule has 0 bridgehead atoms. The van der Waals surface area contributed by atoms with Gasteiger partial charge in [-0.3, -0.25) is 4.79 Å². The number of aryl methyl sites for hydroxylation is 2. The van der Waals surface area contributed by atoms with E-state index in [4.69, 9.17) is 0 Å². The molecular weight excluding hydrogens is 325 g/mol. The SMILES string of the molecule is CCN(C(=O)CCc1c(C)nc(SC)nc1C)c1ccc(F)cc1. The Morgan fingerprint density at radius 3 is 2.25 bits per heavy atom. The van der Waals surface area contributed by atoms with Crippen LogP contribution in [0.1, 0.15) is 30.3 Å². The number of halogens is 1. The van der Waals surface area contributed by atoms with Gasteiger partial charge in [0.15, 0.2) is 5.16 Å². The Morgan fingerprint density at radius 1 is 1.17 bits per heavy atom. The Kier molecular flexibility index (Phi) is 6.31. The summed E-state index contributed by atoms with van der Waals surface area (Å²) in [5.41, 5.74) is 3.58. The van der Waals surface area contributed by atoms with Crippen molar-refractivity contribution in [1.82, 2.24) is 9.97 Å². The topological polar surface area (TPSA) is 46.1 Å². The van der Waals surface area contributed by atoms with Gasteiger partial charge in [-0.25, -0.2) is 14.4 Å². The number of anilines is 1. The second-order valence-corrected chi connectivity index (χ2v) is 6.25. The van der Waals surface area contributed by atoms with E-state index in [0.717, 1.165) is 22.1 Å². The minimum Gasteiger partial charge on any atom is -0.313 e. The molecule has 0 saturated carbocycles. The molecule has 0 radical (unpaired) electrons. The Labute approximate surface area is 146 Å². The van der Waals surface area contributed by atoms with Crippen LogP contribution in [0.4, 0.5) is 10.1 Å². The fourth-order valence-corrected chi connectivity index (χ4v) is 3.11. The van der Waals surface area contributed by atoms with Crippen LogP contribution in [0, 0.1) is 19.7 Å². The van der Waals surface area contributed by atoms with Crippen molar-refractivity contribution in [3.63, 3.8) is 0 Å². The summed E-state index contributed by atoms with van der Waals surface area (Å²) in [5, 5.41) is 0.751. The molecule has 24 heavy (non-hydrogen) atoms. The van der Waals surface area contributed by atoms with Crippen molar-refractivity contribution in [3.05, 3.63) is 47.0 Å². The number of hydrogen-bond donors (Lipinski definition) is 0. The molecule has 0 aliphatic carbocycles. The van der Waals surface area contributed by atoms with Gasteiger partial charge in [0.2, 0.25) is 5.91 Å². The largest absolute Gasteiger partial charge is 0.313 e. The Bertz CT molecular complexity index is 696. The fraction of sp³-hybridized carbons (Fsp3) is 0.389. The van der Waals surface area contributed by atoms with Crippen LogP contribution in [-0.2, 0) is 11.2 Å². The molecule has 1 amide bonds. The van der Waals surface area contributed by atoms with E-state index in [1.165, 1.54) is 23.9 Å². The van der Waals surface area contributed by atoms with Crippen LogP contribution in [0.5, 0.6) is 0 Å². The number of thioether (sulfide) groups is 1. The van der Waals surface area contributed by atoms with E-state index < -0.39 is 0 Å². The van der Waals surface area contributed by atoms with E-state index in [0.29, 0.717) is 25.1 Å². The smallest absolute Gasteiger partial charge is 0.227 e. The average Bonchev–Trinajstić information content (AvgIpc) is 2.56. The summed E-state index contributed by atoms with van der Waals surface area (Å²) in [5.74, 6) is -0.295. The zero-order valence-electron chi connectivity index (χ0n) is 14.5. The van der Waals surface area contributed by atoms with Crippen LogP contribution in [0.3, 0.4) is 0 Å². The quantitative estimate of drug-likeness (QED) is 0.586. The molecule has 0 aliphatic rings. The summed E-state index contributed by atoms with van der Waals surface area (Å²) in [7, 11) is 0. The van der Waals surface area contributed by atoms with E-state index in [2.05, 4.69) is 9.97 Å². The number of benzene rings is 1. The van der Waals surface area contributed by atoms with Crippen LogP contribution >= 0.6 is 11.8 Å². The van der Waals surface area contributed by atoms with Crippen molar-refractivity contribution in [2.24, 2.45) is 0 Å². The molecule has 6 heteroatoms. The van der Waals surface area contributed by atoms with E-state index in [1.54, 1.807) is 17.0 Å². The van der Waals surface area contributed by atoms with E-state index >= 15 is 0 Å². The number of amides is 1. The van der Waals surface area contributed by atoms with Crippen LogP contribution in [0.25, 0.3) is 0 Å². The first-order valence-corrected chi connectivity index (χ1v) is 9.12. The monoisotopic (exact) mass is 347 g/mol. The highest BCUT2D eigenvalue weighted by Gasteiger charge is 2.16. The molecule has 0 aliphatic heterocycles. The number of carbonyl (C=O) groups excluding carboxylic acids is 1. The summed E-state index contributed by atoms with van der Waals surface area (Å²) < 4.78 is 13.1. The maximum absolute atomic E-state index is 13.1. The van der Waals surface area contributed by atoms with E-state index in [9.17, 15) is 9.18 Å². The number of hydrogen-bond acceptors (Lipinski definition) is 4. The molecule has 128 valence electrons. The van der Waals surface area contributed by atoms with Gasteiger partial charge in [0.05, 0.1) is 0 Å². The van der Waals surface area contributed by atoms with Gasteiger partial charge in [-0.05, 0) is 63.3 Å². The van der Waals surface area contributed by atoms with Crippen molar-refractivity contribution in [1.29, 1.82) is 0 Å². The van der Waals surface area contributed by atoms with Gasteiger partial charge in [0.25, 0.3) is 0 Å². The lowest BCUT2D eigenvalue weighted by molar-refractivity contribution is -0.118. The van der Waals surface area contributed by atoms with Gasteiger partial charge in [-0.1, -0.05) is 11.8 Å². The molecule has 1 heterocycles. The molecule has 0 fully saturated rings. The zero-order valence-corrected chi connectivity index (χ0v) is 15.3. The van der Waals surface area contributed by atoms with Gasteiger partial charge in [-0.2, -0.15) is 0 Å². The first-order valence-electron chi connectivity index (χ1n) is 7.90.